The predicted molar refractivity (Wildman–Crippen MR) is 203 cm³/mol. The molecule has 10 nitrogen and oxygen atoms in total. The number of hydrogen-bond donors (Lipinski definition) is 0. The summed E-state index contributed by atoms with van der Waals surface area (Å²) in [5.74, 6) is 0.364. The standard InChI is InChI=1S/C21H17F3N4O.C21H19FN4O/c1-12-26-8-14(9-27-12)13-4-5-17-18(6-13)28(19(29)20(17,2)3)16-7-15(10-25-11-16)21(22,23)24;1-12-9-25-19(11-23-12)26-18-8-14(15-7-17(22)13(2)24-10-15)5-6-16(18)21(3,4)20(26)27/h4-11H,1-3H3;5-11H,1-4H3. The number of fused-ring (bicyclic) bond motifs is 2. The summed E-state index contributed by atoms with van der Waals surface area (Å²) in [6.45, 7) is 12.5. The smallest absolute Gasteiger partial charge is 0.278 e. The second-order valence-corrected chi connectivity index (χ2v) is 14.8. The largest absolute Gasteiger partial charge is 0.417 e. The molecule has 6 heterocycles. The Bertz CT molecular complexity index is 2520. The number of hydrogen-bond acceptors (Lipinski definition) is 8. The van der Waals surface area contributed by atoms with E-state index in [9.17, 15) is 27.2 Å². The van der Waals surface area contributed by atoms with Gasteiger partial charge in [0.15, 0.2) is 5.82 Å². The van der Waals surface area contributed by atoms with E-state index in [2.05, 4.69) is 29.9 Å². The number of amides is 2. The van der Waals surface area contributed by atoms with Crippen LogP contribution >= 0.6 is 0 Å². The number of nitrogens with zero attached hydrogens (tertiary/aromatic N) is 8. The molecule has 284 valence electrons. The van der Waals surface area contributed by atoms with E-state index in [1.165, 1.54) is 17.2 Å². The van der Waals surface area contributed by atoms with E-state index in [0.29, 0.717) is 28.6 Å². The van der Waals surface area contributed by atoms with Gasteiger partial charge >= 0.3 is 6.18 Å². The lowest BCUT2D eigenvalue weighted by Gasteiger charge is -2.21. The third-order valence-corrected chi connectivity index (χ3v) is 10.1. The SMILES string of the molecule is Cc1cnc(N2C(=O)C(C)(C)c3ccc(-c4cnc(C)c(F)c4)cc32)cn1.Cc1ncc(-c2ccc3c(c2)N(c2cncc(C(F)(F)F)c2)C(=O)C3(C)C)cn1. The first kappa shape index (κ1) is 37.9. The molecule has 0 bridgehead atoms. The third kappa shape index (κ3) is 6.65. The van der Waals surface area contributed by atoms with Gasteiger partial charge in [0.25, 0.3) is 0 Å². The lowest BCUT2D eigenvalue weighted by Crippen LogP contribution is -2.33. The average molecular weight is 761 g/mol. The van der Waals surface area contributed by atoms with Gasteiger partial charge in [0, 0.05) is 35.9 Å². The van der Waals surface area contributed by atoms with Gasteiger partial charge in [0.05, 0.1) is 63.4 Å². The number of benzene rings is 2. The van der Waals surface area contributed by atoms with Crippen molar-refractivity contribution in [3.05, 3.63) is 132 Å². The Morgan fingerprint density at radius 3 is 1.73 bits per heavy atom. The number of carbonyl (C=O) groups is 2. The molecule has 14 heteroatoms. The van der Waals surface area contributed by atoms with Crippen molar-refractivity contribution in [2.75, 3.05) is 9.80 Å². The van der Waals surface area contributed by atoms with E-state index in [4.69, 9.17) is 0 Å². The number of aromatic nitrogens is 6. The molecule has 6 aromatic rings. The van der Waals surface area contributed by atoms with E-state index < -0.39 is 22.6 Å². The molecule has 0 spiro atoms. The summed E-state index contributed by atoms with van der Waals surface area (Å²) >= 11 is 0. The summed E-state index contributed by atoms with van der Waals surface area (Å²) < 4.78 is 53.4. The van der Waals surface area contributed by atoms with Crippen molar-refractivity contribution in [3.63, 3.8) is 0 Å². The fourth-order valence-corrected chi connectivity index (χ4v) is 6.75. The average Bonchev–Trinajstić information content (AvgIpc) is 3.49. The van der Waals surface area contributed by atoms with Gasteiger partial charge in [-0.15, -0.1) is 0 Å². The Morgan fingerprint density at radius 2 is 1.16 bits per heavy atom. The zero-order chi connectivity index (χ0) is 40.3. The van der Waals surface area contributed by atoms with Crippen LogP contribution in [-0.2, 0) is 26.6 Å². The van der Waals surface area contributed by atoms with Gasteiger partial charge < -0.3 is 0 Å². The van der Waals surface area contributed by atoms with E-state index in [0.717, 1.165) is 51.5 Å². The van der Waals surface area contributed by atoms with Crippen molar-refractivity contribution in [2.24, 2.45) is 0 Å². The number of halogens is 4. The minimum atomic E-state index is -4.55. The molecule has 0 aliphatic carbocycles. The van der Waals surface area contributed by atoms with Crippen LogP contribution in [-0.4, -0.2) is 41.7 Å². The van der Waals surface area contributed by atoms with E-state index in [1.807, 2.05) is 51.1 Å². The second-order valence-electron chi connectivity index (χ2n) is 14.8. The van der Waals surface area contributed by atoms with Crippen LogP contribution in [0.1, 0.15) is 61.6 Å². The first-order valence-electron chi connectivity index (χ1n) is 17.6. The summed E-state index contributed by atoms with van der Waals surface area (Å²) in [5, 5.41) is 0. The molecule has 0 radical (unpaired) electrons. The molecule has 56 heavy (non-hydrogen) atoms. The highest BCUT2D eigenvalue weighted by atomic mass is 19.4. The zero-order valence-corrected chi connectivity index (χ0v) is 31.6. The maximum atomic E-state index is 14.0. The van der Waals surface area contributed by atoms with Gasteiger partial charge in [-0.25, -0.2) is 19.3 Å². The molecule has 2 aliphatic rings. The molecule has 0 saturated heterocycles. The van der Waals surface area contributed by atoms with Gasteiger partial charge in [0.2, 0.25) is 11.8 Å². The Balaban J connectivity index is 0.000000172. The molecule has 8 rings (SSSR count). The minimum Gasteiger partial charge on any atom is -0.278 e. The monoisotopic (exact) mass is 760 g/mol. The van der Waals surface area contributed by atoms with Crippen molar-refractivity contribution in [2.45, 2.75) is 65.5 Å². The molecule has 0 N–H and O–H groups in total. The van der Waals surface area contributed by atoms with E-state index in [-0.39, 0.29) is 23.3 Å². The Labute approximate surface area is 320 Å². The van der Waals surface area contributed by atoms with Crippen LogP contribution in [0.5, 0.6) is 0 Å². The van der Waals surface area contributed by atoms with Crippen LogP contribution < -0.4 is 9.80 Å². The molecule has 0 unspecified atom stereocenters. The summed E-state index contributed by atoms with van der Waals surface area (Å²) in [6.07, 6.45) is 5.67. The lowest BCUT2D eigenvalue weighted by molar-refractivity contribution is -0.137. The fourth-order valence-electron chi connectivity index (χ4n) is 6.75. The number of alkyl halides is 3. The molecule has 2 amide bonds. The van der Waals surface area contributed by atoms with Gasteiger partial charge in [-0.1, -0.05) is 24.3 Å². The highest BCUT2D eigenvalue weighted by Crippen LogP contribution is 2.48. The first-order valence-corrected chi connectivity index (χ1v) is 17.6. The predicted octanol–water partition coefficient (Wildman–Crippen LogP) is 9.07. The second kappa shape index (κ2) is 13.7. The number of anilines is 4. The number of aryl methyl sites for hydroxylation is 3. The highest BCUT2D eigenvalue weighted by Gasteiger charge is 2.46. The summed E-state index contributed by atoms with van der Waals surface area (Å²) in [5.41, 5.74) is 4.60. The normalized spacial score (nSPS) is 15.3. The quantitative estimate of drug-likeness (QED) is 0.163. The molecular formula is C42H36F4N8O2. The van der Waals surface area contributed by atoms with Crippen molar-refractivity contribution >= 4 is 34.7 Å². The molecule has 0 saturated carbocycles. The Kier molecular flexibility index (Phi) is 9.26. The topological polar surface area (TPSA) is 118 Å². The lowest BCUT2D eigenvalue weighted by atomic mass is 9.85. The van der Waals surface area contributed by atoms with Crippen molar-refractivity contribution in [1.29, 1.82) is 0 Å². The van der Waals surface area contributed by atoms with Crippen LogP contribution in [0.15, 0.2) is 91.9 Å². The summed E-state index contributed by atoms with van der Waals surface area (Å²) in [6, 6.07) is 13.6. The number of carbonyl (C=O) groups excluding carboxylic acids is 2. The Hall–Kier alpha value is -6.44. The minimum absolute atomic E-state index is 0.0685. The van der Waals surface area contributed by atoms with E-state index >= 15 is 0 Å². The molecule has 0 fully saturated rings. The van der Waals surface area contributed by atoms with Gasteiger partial charge in [0.1, 0.15) is 11.6 Å². The van der Waals surface area contributed by atoms with Crippen LogP contribution in [0, 0.1) is 26.6 Å². The van der Waals surface area contributed by atoms with Crippen LogP contribution in [0.25, 0.3) is 22.3 Å². The van der Waals surface area contributed by atoms with E-state index in [1.54, 1.807) is 69.6 Å². The zero-order valence-electron chi connectivity index (χ0n) is 31.6. The molecule has 2 aromatic carbocycles. The highest BCUT2D eigenvalue weighted by molar-refractivity contribution is 6.13. The fraction of sp³-hybridized carbons (Fsp3) is 0.238. The van der Waals surface area contributed by atoms with Gasteiger partial charge in [-0.2, -0.15) is 13.2 Å². The molecule has 0 atom stereocenters. The van der Waals surface area contributed by atoms with Crippen LogP contribution in [0.2, 0.25) is 0 Å². The summed E-state index contributed by atoms with van der Waals surface area (Å²) in [7, 11) is 0. The van der Waals surface area contributed by atoms with Crippen molar-refractivity contribution in [1.82, 2.24) is 29.9 Å². The molecule has 2 aliphatic heterocycles. The maximum Gasteiger partial charge on any atom is 0.417 e. The van der Waals surface area contributed by atoms with Gasteiger partial charge in [-0.3, -0.25) is 34.3 Å². The molecule has 4 aromatic heterocycles. The van der Waals surface area contributed by atoms with Crippen LogP contribution in [0.3, 0.4) is 0 Å². The summed E-state index contributed by atoms with van der Waals surface area (Å²) in [4.78, 5) is 53.9. The first-order chi connectivity index (χ1) is 26.4. The maximum absolute atomic E-state index is 14.0. The van der Waals surface area contributed by atoms with Crippen LogP contribution in [0.4, 0.5) is 40.4 Å². The van der Waals surface area contributed by atoms with Gasteiger partial charge in [-0.05, 0) is 95.0 Å². The Morgan fingerprint density at radius 1 is 0.589 bits per heavy atom. The number of rotatable bonds is 4. The van der Waals surface area contributed by atoms with Crippen molar-refractivity contribution < 1.29 is 27.2 Å². The molecular weight excluding hydrogens is 725 g/mol. The third-order valence-electron chi connectivity index (χ3n) is 10.1. The number of pyridine rings is 2. The van der Waals surface area contributed by atoms with Crippen molar-refractivity contribution in [3.8, 4) is 22.3 Å².